The zero-order valence-electron chi connectivity index (χ0n) is 14.8. The lowest BCUT2D eigenvalue weighted by Gasteiger charge is -2.27. The molecule has 144 valence electrons. The molecule has 2 atom stereocenters. The molecule has 9 heteroatoms. The molecule has 5 amide bonds. The van der Waals surface area contributed by atoms with Gasteiger partial charge in [0.1, 0.15) is 6.04 Å². The number of hydrogen-bond acceptors (Lipinski definition) is 6. The van der Waals surface area contributed by atoms with Gasteiger partial charge in [0.15, 0.2) is 0 Å². The number of amides is 5. The van der Waals surface area contributed by atoms with Crippen molar-refractivity contribution in [3.05, 3.63) is 46.4 Å². The second-order valence-corrected chi connectivity index (χ2v) is 7.89. The number of fused-ring (bicyclic) bond motifs is 1. The summed E-state index contributed by atoms with van der Waals surface area (Å²) in [6, 6.07) is 3.80. The Hall–Kier alpha value is -2.94. The lowest BCUT2D eigenvalue weighted by atomic mass is 10.0. The Morgan fingerprint density at radius 2 is 1.96 bits per heavy atom. The predicted octanol–water partition coefficient (Wildman–Crippen LogP) is 0.723. The van der Waals surface area contributed by atoms with Crippen LogP contribution >= 0.6 is 11.8 Å². The number of piperidine rings is 1. The molecule has 0 spiro atoms. The predicted molar refractivity (Wildman–Crippen MR) is 100 cm³/mol. The number of hydrogen-bond donors (Lipinski definition) is 2. The van der Waals surface area contributed by atoms with Crippen LogP contribution < -0.4 is 10.6 Å². The van der Waals surface area contributed by atoms with Crippen molar-refractivity contribution in [3.8, 4) is 0 Å². The molecular formula is C19H17N3O5S. The van der Waals surface area contributed by atoms with Crippen LogP contribution in [-0.4, -0.2) is 45.7 Å². The average Bonchev–Trinajstić information content (AvgIpc) is 3.29. The van der Waals surface area contributed by atoms with Crippen molar-refractivity contribution in [2.45, 2.75) is 37.1 Å². The van der Waals surface area contributed by atoms with Crippen molar-refractivity contribution in [1.82, 2.24) is 15.5 Å². The van der Waals surface area contributed by atoms with E-state index in [0.717, 1.165) is 4.90 Å². The number of nitrogens with one attached hydrogen (secondary N) is 2. The molecule has 3 aliphatic rings. The summed E-state index contributed by atoms with van der Waals surface area (Å²) in [5.74, 6) is -2.23. The summed E-state index contributed by atoms with van der Waals surface area (Å²) in [6.07, 6.45) is 2.83. The van der Waals surface area contributed by atoms with E-state index in [0.29, 0.717) is 12.0 Å². The number of nitrogens with zero attached hydrogens (tertiary/aromatic N) is 1. The van der Waals surface area contributed by atoms with Crippen LogP contribution in [0.4, 0.5) is 0 Å². The van der Waals surface area contributed by atoms with Gasteiger partial charge in [0, 0.05) is 13.0 Å². The Kier molecular flexibility index (Phi) is 4.76. The lowest BCUT2D eigenvalue weighted by molar-refractivity contribution is -0.136. The third-order valence-corrected chi connectivity index (χ3v) is 6.04. The van der Waals surface area contributed by atoms with Crippen LogP contribution in [0.15, 0.2) is 29.7 Å². The van der Waals surface area contributed by atoms with Crippen molar-refractivity contribution in [2.75, 3.05) is 0 Å². The van der Waals surface area contributed by atoms with Gasteiger partial charge in [0.25, 0.3) is 11.8 Å². The van der Waals surface area contributed by atoms with Gasteiger partial charge in [-0.25, -0.2) is 0 Å². The Balaban J connectivity index is 1.48. The molecule has 1 aromatic rings. The van der Waals surface area contributed by atoms with Crippen molar-refractivity contribution in [2.24, 2.45) is 0 Å². The first-order valence-corrected chi connectivity index (χ1v) is 9.82. The second kappa shape index (κ2) is 7.23. The summed E-state index contributed by atoms with van der Waals surface area (Å²) >= 11 is 1.46. The largest absolute Gasteiger partial charge is 0.351 e. The lowest BCUT2D eigenvalue weighted by Crippen LogP contribution is -2.54. The number of carbonyl (C=O) groups is 5. The van der Waals surface area contributed by atoms with Crippen molar-refractivity contribution >= 4 is 41.3 Å². The number of carbonyl (C=O) groups excluding carboxylic acids is 5. The van der Waals surface area contributed by atoms with Gasteiger partial charge in [0.2, 0.25) is 17.7 Å². The zero-order chi connectivity index (χ0) is 19.8. The Labute approximate surface area is 164 Å². The highest BCUT2D eigenvalue weighted by Gasteiger charge is 2.44. The van der Waals surface area contributed by atoms with E-state index in [4.69, 9.17) is 0 Å². The van der Waals surface area contributed by atoms with Crippen molar-refractivity contribution < 1.29 is 24.0 Å². The van der Waals surface area contributed by atoms with Crippen molar-refractivity contribution in [1.29, 1.82) is 0 Å². The van der Waals surface area contributed by atoms with Gasteiger partial charge in [-0.1, -0.05) is 12.1 Å². The monoisotopic (exact) mass is 399 g/mol. The number of rotatable bonds is 4. The first kappa shape index (κ1) is 18.4. The molecule has 2 N–H and O–H groups in total. The number of allylic oxidation sites excluding steroid dienone is 1. The Bertz CT molecular complexity index is 933. The normalized spacial score (nSPS) is 23.8. The highest BCUT2D eigenvalue weighted by atomic mass is 32.2. The molecule has 4 rings (SSSR count). The molecule has 2 unspecified atom stereocenters. The fourth-order valence-corrected chi connectivity index (χ4v) is 4.33. The van der Waals surface area contributed by atoms with Gasteiger partial charge in [0.05, 0.1) is 16.4 Å². The van der Waals surface area contributed by atoms with E-state index >= 15 is 0 Å². The van der Waals surface area contributed by atoms with Gasteiger partial charge in [-0.15, -0.1) is 11.8 Å². The Morgan fingerprint density at radius 1 is 1.18 bits per heavy atom. The van der Waals surface area contributed by atoms with E-state index in [-0.39, 0.29) is 41.7 Å². The van der Waals surface area contributed by atoms with Crippen LogP contribution in [0.5, 0.6) is 0 Å². The maximum atomic E-state index is 12.8. The molecule has 0 saturated carbocycles. The van der Waals surface area contributed by atoms with Gasteiger partial charge in [-0.3, -0.25) is 34.2 Å². The summed E-state index contributed by atoms with van der Waals surface area (Å²) in [6.45, 7) is 0.239. The summed E-state index contributed by atoms with van der Waals surface area (Å²) in [5, 5.41) is 6.76. The van der Waals surface area contributed by atoms with E-state index in [1.165, 1.54) is 17.8 Å². The molecule has 3 heterocycles. The molecule has 0 bridgehead atoms. The maximum Gasteiger partial charge on any atom is 0.262 e. The van der Waals surface area contributed by atoms with Crippen molar-refractivity contribution in [3.63, 3.8) is 0 Å². The smallest absolute Gasteiger partial charge is 0.262 e. The van der Waals surface area contributed by atoms with Gasteiger partial charge >= 0.3 is 0 Å². The minimum Gasteiger partial charge on any atom is -0.351 e. The summed E-state index contributed by atoms with van der Waals surface area (Å²) < 4.78 is 0. The van der Waals surface area contributed by atoms with Gasteiger partial charge in [-0.2, -0.15) is 0 Å². The molecule has 1 fully saturated rings. The first-order chi connectivity index (χ1) is 13.5. The van der Waals surface area contributed by atoms with Crippen LogP contribution in [0.2, 0.25) is 0 Å². The maximum absolute atomic E-state index is 12.8. The SMILES string of the molecule is O=C1CCC(N2C(=O)c3ccc(CNC(=O)C4CC=CS4)cc3C2=O)C(=O)N1. The standard InChI is InChI=1S/C19H17N3O5S/c23-15-6-5-13(16(24)21-15)22-18(26)11-4-3-10(8-12(11)19(22)27)9-20-17(25)14-2-1-7-28-14/h1,3-4,7-8,13-14H,2,5-6,9H2,(H,20,25)(H,21,23,24). The summed E-state index contributed by atoms with van der Waals surface area (Å²) in [7, 11) is 0. The molecule has 28 heavy (non-hydrogen) atoms. The molecule has 8 nitrogen and oxygen atoms in total. The third kappa shape index (κ3) is 3.22. The molecule has 3 aliphatic heterocycles. The van der Waals surface area contributed by atoms with Crippen LogP contribution in [0.1, 0.15) is 45.5 Å². The third-order valence-electron chi connectivity index (χ3n) is 4.95. The van der Waals surface area contributed by atoms with E-state index in [2.05, 4.69) is 10.6 Å². The molecular weight excluding hydrogens is 382 g/mol. The minimum atomic E-state index is -0.986. The number of benzene rings is 1. The molecule has 0 aromatic heterocycles. The molecule has 1 aromatic carbocycles. The van der Waals surface area contributed by atoms with E-state index in [9.17, 15) is 24.0 Å². The summed E-state index contributed by atoms with van der Waals surface area (Å²) in [5.41, 5.74) is 1.12. The molecule has 1 saturated heterocycles. The number of imide groups is 2. The fourth-order valence-electron chi connectivity index (χ4n) is 3.49. The highest BCUT2D eigenvalue weighted by Crippen LogP contribution is 2.28. The number of thioether (sulfide) groups is 1. The first-order valence-electron chi connectivity index (χ1n) is 8.88. The zero-order valence-corrected chi connectivity index (χ0v) is 15.6. The molecule has 0 aliphatic carbocycles. The van der Waals surface area contributed by atoms with E-state index in [1.807, 2.05) is 11.5 Å². The second-order valence-electron chi connectivity index (χ2n) is 6.78. The van der Waals surface area contributed by atoms with Gasteiger partial charge in [-0.05, 0) is 35.9 Å². The van der Waals surface area contributed by atoms with E-state index < -0.39 is 29.7 Å². The average molecular weight is 399 g/mol. The van der Waals surface area contributed by atoms with Gasteiger partial charge < -0.3 is 5.32 Å². The van der Waals surface area contributed by atoms with Crippen LogP contribution in [0.25, 0.3) is 0 Å². The van der Waals surface area contributed by atoms with E-state index in [1.54, 1.807) is 12.1 Å². The fraction of sp³-hybridized carbons (Fsp3) is 0.316. The minimum absolute atomic E-state index is 0.0785. The molecule has 0 radical (unpaired) electrons. The highest BCUT2D eigenvalue weighted by molar-refractivity contribution is 8.03. The van der Waals surface area contributed by atoms with Crippen LogP contribution in [-0.2, 0) is 20.9 Å². The van der Waals surface area contributed by atoms with Crippen LogP contribution in [0.3, 0.4) is 0 Å². The quantitative estimate of drug-likeness (QED) is 0.722. The van der Waals surface area contributed by atoms with Crippen LogP contribution in [0, 0.1) is 0 Å². The Morgan fingerprint density at radius 3 is 2.68 bits per heavy atom. The summed E-state index contributed by atoms with van der Waals surface area (Å²) in [4.78, 5) is 61.9. The topological polar surface area (TPSA) is 113 Å².